The predicted molar refractivity (Wildman–Crippen MR) is 45.2 cm³/mol. The van der Waals surface area contributed by atoms with Crippen molar-refractivity contribution in [2.75, 3.05) is 0 Å². The molecule has 0 fully saturated rings. The summed E-state index contributed by atoms with van der Waals surface area (Å²) >= 11 is 0. The van der Waals surface area contributed by atoms with E-state index in [9.17, 15) is 4.48 Å². The molecule has 0 atom stereocenters. The van der Waals surface area contributed by atoms with E-state index in [4.69, 9.17) is 0 Å². The quantitative estimate of drug-likeness (QED) is 0.584. The molecule has 0 unspecified atom stereocenters. The SMILES string of the molecule is Fn1cccc1.c1ccncc1. The van der Waals surface area contributed by atoms with Gasteiger partial charge in [0, 0.05) is 24.8 Å². The van der Waals surface area contributed by atoms with Crippen LogP contribution in [-0.4, -0.2) is 9.77 Å². The van der Waals surface area contributed by atoms with Gasteiger partial charge in [0.1, 0.15) is 0 Å². The fourth-order valence-corrected chi connectivity index (χ4v) is 0.626. The first-order chi connectivity index (χ1) is 5.89. The molecule has 0 spiro atoms. The number of hydrogen-bond acceptors (Lipinski definition) is 1. The van der Waals surface area contributed by atoms with Crippen LogP contribution < -0.4 is 0 Å². The summed E-state index contributed by atoms with van der Waals surface area (Å²) in [6.45, 7) is 0. The third-order valence-electron chi connectivity index (χ3n) is 1.13. The molecule has 0 N–H and O–H groups in total. The Hall–Kier alpha value is -1.64. The lowest BCUT2D eigenvalue weighted by Crippen LogP contribution is -1.66. The van der Waals surface area contributed by atoms with Crippen molar-refractivity contribution in [2.45, 2.75) is 0 Å². The van der Waals surface area contributed by atoms with Crippen molar-refractivity contribution in [3.05, 3.63) is 55.1 Å². The average molecular weight is 164 g/mol. The molecule has 12 heavy (non-hydrogen) atoms. The van der Waals surface area contributed by atoms with Crippen LogP contribution in [0.15, 0.2) is 55.1 Å². The lowest BCUT2D eigenvalue weighted by molar-refractivity contribution is 0.371. The van der Waals surface area contributed by atoms with Gasteiger partial charge in [0.25, 0.3) is 0 Å². The lowest BCUT2D eigenvalue weighted by atomic mass is 10.5. The smallest absolute Gasteiger partial charge is 0.0379 e. The van der Waals surface area contributed by atoms with Gasteiger partial charge in [-0.1, -0.05) is 10.5 Å². The molecule has 0 bridgehead atoms. The zero-order valence-corrected chi connectivity index (χ0v) is 6.47. The molecule has 0 saturated heterocycles. The average Bonchev–Trinajstić information content (AvgIpc) is 2.60. The first kappa shape index (κ1) is 8.46. The minimum atomic E-state index is 0.500. The fourth-order valence-electron chi connectivity index (χ4n) is 0.626. The van der Waals surface area contributed by atoms with Crippen molar-refractivity contribution in [1.82, 2.24) is 9.77 Å². The molecule has 2 aromatic heterocycles. The Morgan fingerprint density at radius 1 is 0.833 bits per heavy atom. The Labute approximate surface area is 70.2 Å². The summed E-state index contributed by atoms with van der Waals surface area (Å²) in [5.74, 6) is 0. The number of pyridine rings is 1. The molecule has 2 aromatic rings. The maximum atomic E-state index is 11.6. The Morgan fingerprint density at radius 3 is 1.58 bits per heavy atom. The summed E-state index contributed by atoms with van der Waals surface area (Å²) in [7, 11) is 0. The number of halogens is 1. The standard InChI is InChI=1S/C5H5N.C4H4FN/c1-2-4-6-5-3-1;5-6-3-1-2-4-6/h1-5H;1-4H. The molecule has 2 rings (SSSR count). The van der Waals surface area contributed by atoms with E-state index in [1.807, 2.05) is 18.2 Å². The summed E-state index contributed by atoms with van der Waals surface area (Å²) in [5.41, 5.74) is 0. The molecular weight excluding hydrogens is 155 g/mol. The third-order valence-corrected chi connectivity index (χ3v) is 1.13. The highest BCUT2D eigenvalue weighted by molar-refractivity contribution is 4.88. The van der Waals surface area contributed by atoms with E-state index in [1.54, 1.807) is 24.5 Å². The first-order valence-electron chi connectivity index (χ1n) is 3.54. The molecule has 2 heterocycles. The van der Waals surface area contributed by atoms with Crippen LogP contribution in [0.4, 0.5) is 4.48 Å². The zero-order chi connectivity index (χ0) is 8.65. The second kappa shape index (κ2) is 5.07. The molecule has 0 saturated carbocycles. The number of hydrogen-bond donors (Lipinski definition) is 0. The van der Waals surface area contributed by atoms with Crippen molar-refractivity contribution in [2.24, 2.45) is 0 Å². The monoisotopic (exact) mass is 164 g/mol. The van der Waals surface area contributed by atoms with Gasteiger partial charge in [0.05, 0.1) is 0 Å². The van der Waals surface area contributed by atoms with Gasteiger partial charge in [-0.15, -0.1) is 0 Å². The van der Waals surface area contributed by atoms with Crippen LogP contribution in [0, 0.1) is 0 Å². The summed E-state index contributed by atoms with van der Waals surface area (Å²) in [6.07, 6.45) is 6.17. The van der Waals surface area contributed by atoms with Gasteiger partial charge in [-0.3, -0.25) is 4.98 Å². The second-order valence-electron chi connectivity index (χ2n) is 2.05. The van der Waals surface area contributed by atoms with Gasteiger partial charge in [-0.05, 0) is 24.3 Å². The molecule has 0 aliphatic rings. The molecule has 0 amide bonds. The van der Waals surface area contributed by atoms with Gasteiger partial charge >= 0.3 is 0 Å². The molecule has 2 nitrogen and oxygen atoms in total. The van der Waals surface area contributed by atoms with E-state index in [-0.39, 0.29) is 0 Å². The van der Waals surface area contributed by atoms with Gasteiger partial charge in [0.15, 0.2) is 0 Å². The highest BCUT2D eigenvalue weighted by atomic mass is 19.2. The molecule has 0 aliphatic carbocycles. The molecular formula is C9H9FN2. The van der Waals surface area contributed by atoms with Crippen LogP contribution in [0.25, 0.3) is 0 Å². The highest BCUT2D eigenvalue weighted by Crippen LogP contribution is 1.84. The number of rotatable bonds is 0. The first-order valence-corrected chi connectivity index (χ1v) is 3.54. The Morgan fingerprint density at radius 2 is 1.42 bits per heavy atom. The van der Waals surface area contributed by atoms with E-state index in [0.29, 0.717) is 4.79 Å². The van der Waals surface area contributed by atoms with Crippen molar-refractivity contribution >= 4 is 0 Å². The molecule has 0 aromatic carbocycles. The van der Waals surface area contributed by atoms with Crippen LogP contribution in [0.3, 0.4) is 0 Å². The van der Waals surface area contributed by atoms with Crippen molar-refractivity contribution in [1.29, 1.82) is 0 Å². The van der Waals surface area contributed by atoms with Crippen molar-refractivity contribution in [3.8, 4) is 0 Å². The van der Waals surface area contributed by atoms with Crippen LogP contribution in [0.2, 0.25) is 0 Å². The zero-order valence-electron chi connectivity index (χ0n) is 6.47. The number of nitrogens with zero attached hydrogens (tertiary/aromatic N) is 2. The summed E-state index contributed by atoms with van der Waals surface area (Å²) < 4.78 is 11.6. The van der Waals surface area contributed by atoms with E-state index in [0.717, 1.165) is 0 Å². The summed E-state index contributed by atoms with van der Waals surface area (Å²) in [5, 5.41) is 0. The second-order valence-corrected chi connectivity index (χ2v) is 2.05. The number of aromatic nitrogens is 2. The van der Waals surface area contributed by atoms with Crippen LogP contribution >= 0.6 is 0 Å². The lowest BCUT2D eigenvalue weighted by Gasteiger charge is -1.71. The van der Waals surface area contributed by atoms with Crippen LogP contribution in [-0.2, 0) is 0 Å². The van der Waals surface area contributed by atoms with E-state index < -0.39 is 0 Å². The van der Waals surface area contributed by atoms with Crippen LogP contribution in [0.5, 0.6) is 0 Å². The largest absolute Gasteiger partial charge is 0.265 e. The van der Waals surface area contributed by atoms with E-state index >= 15 is 0 Å². The summed E-state index contributed by atoms with van der Waals surface area (Å²) in [6, 6.07) is 8.97. The highest BCUT2D eigenvalue weighted by Gasteiger charge is 1.72. The maximum Gasteiger partial charge on any atom is 0.0379 e. The Bertz CT molecular complexity index is 252. The van der Waals surface area contributed by atoms with Crippen molar-refractivity contribution in [3.63, 3.8) is 0 Å². The maximum absolute atomic E-state index is 11.6. The van der Waals surface area contributed by atoms with E-state index in [1.165, 1.54) is 12.4 Å². The summed E-state index contributed by atoms with van der Waals surface area (Å²) in [4.78, 5) is 4.28. The Balaban J connectivity index is 0.000000120. The van der Waals surface area contributed by atoms with Crippen molar-refractivity contribution < 1.29 is 4.48 Å². The normalized spacial score (nSPS) is 8.42. The molecule has 0 aliphatic heterocycles. The molecule has 0 radical (unpaired) electrons. The molecule has 3 heteroatoms. The minimum absolute atomic E-state index is 0.500. The minimum Gasteiger partial charge on any atom is -0.265 e. The topological polar surface area (TPSA) is 17.8 Å². The predicted octanol–water partition coefficient (Wildman–Crippen LogP) is 2.30. The van der Waals surface area contributed by atoms with Gasteiger partial charge in [0.2, 0.25) is 0 Å². The Kier molecular flexibility index (Phi) is 3.57. The third kappa shape index (κ3) is 3.51. The fraction of sp³-hybridized carbons (Fsp3) is 0. The van der Waals surface area contributed by atoms with Gasteiger partial charge < -0.3 is 0 Å². The van der Waals surface area contributed by atoms with Gasteiger partial charge in [-0.2, -0.15) is 4.79 Å². The van der Waals surface area contributed by atoms with Crippen LogP contribution in [0.1, 0.15) is 0 Å². The molecule has 62 valence electrons. The van der Waals surface area contributed by atoms with Gasteiger partial charge in [-0.25, -0.2) is 0 Å². The van der Waals surface area contributed by atoms with E-state index in [2.05, 4.69) is 4.98 Å².